The average molecular weight is 478 g/mol. The lowest BCUT2D eigenvalue weighted by atomic mass is 10.4. The first kappa shape index (κ1) is 20.3. The summed E-state index contributed by atoms with van der Waals surface area (Å²) in [4.78, 5) is 11.1. The predicted octanol–water partition coefficient (Wildman–Crippen LogP) is 4.52. The number of hydrogen-bond acceptors (Lipinski definition) is 5. The number of thiophene rings is 1. The zero-order valence-corrected chi connectivity index (χ0v) is 17.1. The maximum absolute atomic E-state index is 12.9. The fourth-order valence-electron chi connectivity index (χ4n) is 1.87. The number of nitrogens with zero attached hydrogens (tertiary/aromatic N) is 2. The van der Waals surface area contributed by atoms with E-state index in [4.69, 9.17) is 4.52 Å². The van der Waals surface area contributed by atoms with E-state index in [-0.39, 0.29) is 5.00 Å². The smallest absolute Gasteiger partial charge is 0.317 e. The molecule has 10 heteroatoms. The third kappa shape index (κ3) is 6.02. The molecular formula is C12H19Br2N2O4PS. The van der Waals surface area contributed by atoms with E-state index in [1.807, 2.05) is 11.6 Å². The van der Waals surface area contributed by atoms with Gasteiger partial charge in [-0.1, -0.05) is 50.1 Å². The van der Waals surface area contributed by atoms with Crippen LogP contribution in [-0.4, -0.2) is 46.1 Å². The van der Waals surface area contributed by atoms with E-state index in [0.717, 1.165) is 26.9 Å². The molecule has 0 fully saturated rings. The maximum Gasteiger partial charge on any atom is 0.324 e. The molecule has 1 unspecified atom stereocenters. The normalized spacial score (nSPS) is 14.2. The third-order valence-electron chi connectivity index (χ3n) is 2.98. The molecule has 0 aliphatic heterocycles. The largest absolute Gasteiger partial charge is 0.324 e. The Bertz CT molecular complexity index is 523. The minimum atomic E-state index is -2.85. The van der Waals surface area contributed by atoms with Crippen molar-refractivity contribution in [1.29, 1.82) is 0 Å². The topological polar surface area (TPSA) is 72.7 Å². The molecule has 1 aromatic rings. The molecule has 1 heterocycles. The van der Waals surface area contributed by atoms with E-state index < -0.39 is 12.4 Å². The molecule has 6 nitrogen and oxygen atoms in total. The second-order valence-electron chi connectivity index (χ2n) is 4.37. The molecule has 1 atom stereocenters. The van der Waals surface area contributed by atoms with E-state index >= 15 is 0 Å². The predicted molar refractivity (Wildman–Crippen MR) is 97.9 cm³/mol. The highest BCUT2D eigenvalue weighted by molar-refractivity contribution is 9.09. The van der Waals surface area contributed by atoms with E-state index in [2.05, 4.69) is 31.9 Å². The van der Waals surface area contributed by atoms with Crippen molar-refractivity contribution in [3.05, 3.63) is 27.1 Å². The van der Waals surface area contributed by atoms with Crippen molar-refractivity contribution in [3.8, 4) is 0 Å². The molecule has 0 aromatic carbocycles. The van der Waals surface area contributed by atoms with Crippen LogP contribution in [0.3, 0.4) is 0 Å². The van der Waals surface area contributed by atoms with Crippen molar-refractivity contribution in [2.75, 3.05) is 36.5 Å². The Labute approximate surface area is 151 Å². The van der Waals surface area contributed by atoms with Crippen molar-refractivity contribution in [1.82, 2.24) is 4.67 Å². The van der Waals surface area contributed by atoms with Gasteiger partial charge in [-0.2, -0.15) is 0 Å². The van der Waals surface area contributed by atoms with Gasteiger partial charge in [-0.25, -0.2) is 4.67 Å². The molecule has 0 spiro atoms. The molecule has 0 amide bonds. The van der Waals surface area contributed by atoms with E-state index in [0.29, 0.717) is 32.3 Å². The van der Waals surface area contributed by atoms with Gasteiger partial charge in [0, 0.05) is 47.3 Å². The lowest BCUT2D eigenvalue weighted by molar-refractivity contribution is -0.380. The summed E-state index contributed by atoms with van der Waals surface area (Å²) in [6.07, 6.45) is 0.969. The van der Waals surface area contributed by atoms with Crippen molar-refractivity contribution in [2.24, 2.45) is 0 Å². The van der Waals surface area contributed by atoms with Crippen LogP contribution in [0, 0.1) is 10.1 Å². The highest BCUT2D eigenvalue weighted by Gasteiger charge is 2.29. The Kier molecular flexibility index (Phi) is 9.35. The molecule has 0 N–H and O–H groups in total. The van der Waals surface area contributed by atoms with Gasteiger partial charge in [-0.05, 0) is 6.07 Å². The Morgan fingerprint density at radius 3 is 2.45 bits per heavy atom. The Morgan fingerprint density at radius 2 is 2.00 bits per heavy atom. The van der Waals surface area contributed by atoms with Crippen molar-refractivity contribution in [2.45, 2.75) is 13.3 Å². The lowest BCUT2D eigenvalue weighted by Crippen LogP contribution is -2.27. The van der Waals surface area contributed by atoms with Crippen LogP contribution >= 0.6 is 50.7 Å². The summed E-state index contributed by atoms with van der Waals surface area (Å²) in [5.41, 5.74) is 0. The van der Waals surface area contributed by atoms with Crippen LogP contribution < -0.4 is 0 Å². The molecule has 22 heavy (non-hydrogen) atoms. The summed E-state index contributed by atoms with van der Waals surface area (Å²) in [5, 5.41) is 12.2. The molecule has 126 valence electrons. The van der Waals surface area contributed by atoms with Crippen molar-refractivity contribution >= 4 is 55.7 Å². The minimum Gasteiger partial charge on any atom is -0.317 e. The molecule has 0 radical (unpaired) electrons. The molecule has 1 rings (SSSR count). The number of rotatable bonds is 11. The van der Waals surface area contributed by atoms with E-state index in [9.17, 15) is 14.7 Å². The van der Waals surface area contributed by atoms with Crippen LogP contribution in [0.1, 0.15) is 11.8 Å². The van der Waals surface area contributed by atoms with Gasteiger partial charge in [0.1, 0.15) is 0 Å². The monoisotopic (exact) mass is 476 g/mol. The van der Waals surface area contributed by atoms with E-state index in [1.54, 1.807) is 6.07 Å². The standard InChI is InChI=1S/C12H19Br2N2O4PS/c1-2-21(19,15(8-6-13)9-7-14)20-10-5-11-3-4-12(22-11)16(17)18/h3-4H,2,5-10H2,1H3. The lowest BCUT2D eigenvalue weighted by Gasteiger charge is -2.29. The summed E-state index contributed by atoms with van der Waals surface area (Å²) in [5.74, 6) is 0. The molecular weight excluding hydrogens is 459 g/mol. The van der Waals surface area contributed by atoms with Gasteiger partial charge < -0.3 is 4.52 Å². The van der Waals surface area contributed by atoms with Crippen LogP contribution in [0.25, 0.3) is 0 Å². The van der Waals surface area contributed by atoms with Gasteiger partial charge in [0.2, 0.25) is 0 Å². The summed E-state index contributed by atoms with van der Waals surface area (Å²) in [6.45, 7) is 3.46. The van der Waals surface area contributed by atoms with Crippen LogP contribution in [-0.2, 0) is 15.5 Å². The van der Waals surface area contributed by atoms with Gasteiger partial charge in [-0.15, -0.1) is 0 Å². The number of nitro groups is 1. The second kappa shape index (κ2) is 10.2. The highest BCUT2D eigenvalue weighted by atomic mass is 79.9. The molecule has 0 aliphatic rings. The first-order chi connectivity index (χ1) is 10.5. The fourth-order valence-corrected chi connectivity index (χ4v) is 6.01. The van der Waals surface area contributed by atoms with Crippen LogP contribution in [0.15, 0.2) is 12.1 Å². The fraction of sp³-hybridized carbons (Fsp3) is 0.667. The number of halogens is 2. The van der Waals surface area contributed by atoms with Gasteiger partial charge in [0.15, 0.2) is 0 Å². The quantitative estimate of drug-likeness (QED) is 0.203. The van der Waals surface area contributed by atoms with Gasteiger partial charge in [0.25, 0.3) is 7.52 Å². The number of alkyl halides is 2. The molecule has 1 aromatic heterocycles. The highest BCUT2D eigenvalue weighted by Crippen LogP contribution is 2.50. The molecule has 0 saturated heterocycles. The number of hydrogen-bond donors (Lipinski definition) is 0. The average Bonchev–Trinajstić information content (AvgIpc) is 2.96. The van der Waals surface area contributed by atoms with Crippen LogP contribution in [0.2, 0.25) is 0 Å². The minimum absolute atomic E-state index is 0.119. The van der Waals surface area contributed by atoms with Gasteiger partial charge in [-0.3, -0.25) is 14.7 Å². The SMILES string of the molecule is CCP(=O)(OCCc1ccc([N+](=O)[O-])s1)N(CCBr)CCBr. The zero-order valence-electron chi connectivity index (χ0n) is 12.2. The van der Waals surface area contributed by atoms with Crippen LogP contribution in [0.4, 0.5) is 5.00 Å². The second-order valence-corrected chi connectivity index (χ2v) is 9.83. The first-order valence-corrected chi connectivity index (χ1v) is 11.6. The first-order valence-electron chi connectivity index (χ1n) is 6.81. The Hall–Kier alpha value is 0.210. The summed E-state index contributed by atoms with van der Waals surface area (Å²) < 4.78 is 20.5. The molecule has 0 bridgehead atoms. The van der Waals surface area contributed by atoms with Crippen LogP contribution in [0.5, 0.6) is 0 Å². The Balaban J connectivity index is 2.60. The van der Waals surface area contributed by atoms with Gasteiger partial charge >= 0.3 is 5.00 Å². The summed E-state index contributed by atoms with van der Waals surface area (Å²) >= 11 is 7.86. The third-order valence-corrected chi connectivity index (χ3v) is 7.44. The molecule has 0 aliphatic carbocycles. The Morgan fingerprint density at radius 1 is 1.36 bits per heavy atom. The summed E-state index contributed by atoms with van der Waals surface area (Å²) in [7, 11) is -2.85. The van der Waals surface area contributed by atoms with E-state index in [1.165, 1.54) is 6.07 Å². The summed E-state index contributed by atoms with van der Waals surface area (Å²) in [6, 6.07) is 3.21. The maximum atomic E-state index is 12.9. The van der Waals surface area contributed by atoms with Crippen molar-refractivity contribution in [3.63, 3.8) is 0 Å². The zero-order chi connectivity index (χ0) is 16.6. The van der Waals surface area contributed by atoms with Crippen molar-refractivity contribution < 1.29 is 14.0 Å². The van der Waals surface area contributed by atoms with Gasteiger partial charge in [0.05, 0.1) is 11.5 Å². The molecule has 0 saturated carbocycles.